The highest BCUT2D eigenvalue weighted by atomic mass is 16.4. The maximum absolute atomic E-state index is 12.3. The van der Waals surface area contributed by atoms with Gasteiger partial charge in [-0.1, -0.05) is 6.92 Å². The SMILES string of the molecule is CC(N)C(C)C(=O)N1CCCC(C(C)(C)C(=O)O)C1. The van der Waals surface area contributed by atoms with Crippen LogP contribution in [0.1, 0.15) is 40.5 Å². The summed E-state index contributed by atoms with van der Waals surface area (Å²) in [4.78, 5) is 25.4. The van der Waals surface area contributed by atoms with Crippen LogP contribution >= 0.6 is 0 Å². The van der Waals surface area contributed by atoms with Gasteiger partial charge < -0.3 is 15.7 Å². The van der Waals surface area contributed by atoms with Crippen molar-refractivity contribution in [3.05, 3.63) is 0 Å². The number of hydrogen-bond donors (Lipinski definition) is 2. The second kappa shape index (κ2) is 5.90. The zero-order valence-electron chi connectivity index (χ0n) is 12.3. The van der Waals surface area contributed by atoms with Crippen LogP contribution in [0.4, 0.5) is 0 Å². The third-order valence-electron chi connectivity index (χ3n) is 4.48. The lowest BCUT2D eigenvalue weighted by molar-refractivity contribution is -0.153. The average molecular weight is 270 g/mol. The summed E-state index contributed by atoms with van der Waals surface area (Å²) in [5.74, 6) is -0.970. The van der Waals surface area contributed by atoms with E-state index in [0.29, 0.717) is 13.1 Å². The van der Waals surface area contributed by atoms with Crippen LogP contribution in [0, 0.1) is 17.3 Å². The Bertz CT molecular complexity index is 353. The highest BCUT2D eigenvalue weighted by molar-refractivity contribution is 5.79. The summed E-state index contributed by atoms with van der Waals surface area (Å²) in [7, 11) is 0. The molecule has 1 saturated heterocycles. The van der Waals surface area contributed by atoms with Gasteiger partial charge in [0.15, 0.2) is 0 Å². The minimum absolute atomic E-state index is 0.00276. The van der Waals surface area contributed by atoms with E-state index in [1.807, 2.05) is 13.8 Å². The minimum atomic E-state index is -0.799. The number of hydrogen-bond acceptors (Lipinski definition) is 3. The van der Waals surface area contributed by atoms with Crippen LogP contribution in [0.25, 0.3) is 0 Å². The van der Waals surface area contributed by atoms with Crippen LogP contribution in [0.2, 0.25) is 0 Å². The van der Waals surface area contributed by atoms with Gasteiger partial charge in [-0.2, -0.15) is 0 Å². The number of aliphatic carboxylic acids is 1. The molecule has 0 radical (unpaired) electrons. The van der Waals surface area contributed by atoms with Crippen molar-refractivity contribution in [3.8, 4) is 0 Å². The molecule has 1 aliphatic heterocycles. The van der Waals surface area contributed by atoms with Gasteiger partial charge in [-0.25, -0.2) is 0 Å². The van der Waals surface area contributed by atoms with Crippen molar-refractivity contribution >= 4 is 11.9 Å². The van der Waals surface area contributed by atoms with E-state index in [4.69, 9.17) is 5.73 Å². The van der Waals surface area contributed by atoms with Gasteiger partial charge in [-0.3, -0.25) is 9.59 Å². The second-order valence-electron chi connectivity index (χ2n) is 6.30. The van der Waals surface area contributed by atoms with Gasteiger partial charge in [-0.05, 0) is 39.5 Å². The lowest BCUT2D eigenvalue weighted by atomic mass is 9.74. The van der Waals surface area contributed by atoms with Crippen LogP contribution in [-0.2, 0) is 9.59 Å². The minimum Gasteiger partial charge on any atom is -0.481 e. The topological polar surface area (TPSA) is 83.6 Å². The number of carboxylic acids is 1. The van der Waals surface area contributed by atoms with E-state index in [2.05, 4.69) is 0 Å². The molecule has 3 N–H and O–H groups in total. The Labute approximate surface area is 115 Å². The van der Waals surface area contributed by atoms with E-state index in [1.54, 1.807) is 18.7 Å². The fourth-order valence-corrected chi connectivity index (χ4v) is 2.45. The van der Waals surface area contributed by atoms with E-state index in [0.717, 1.165) is 12.8 Å². The van der Waals surface area contributed by atoms with Gasteiger partial charge in [0.2, 0.25) is 5.91 Å². The van der Waals surface area contributed by atoms with Gasteiger partial charge in [-0.15, -0.1) is 0 Å². The molecule has 3 atom stereocenters. The normalized spacial score (nSPS) is 23.8. The van der Waals surface area contributed by atoms with E-state index < -0.39 is 11.4 Å². The van der Waals surface area contributed by atoms with E-state index >= 15 is 0 Å². The molecular weight excluding hydrogens is 244 g/mol. The van der Waals surface area contributed by atoms with E-state index in [9.17, 15) is 14.7 Å². The summed E-state index contributed by atoms with van der Waals surface area (Å²) in [6.07, 6.45) is 1.72. The van der Waals surface area contributed by atoms with Crippen molar-refractivity contribution in [2.75, 3.05) is 13.1 Å². The molecule has 0 aromatic rings. The molecule has 5 heteroatoms. The molecule has 1 amide bonds. The molecule has 3 unspecified atom stereocenters. The molecular formula is C14H26N2O3. The summed E-state index contributed by atoms with van der Waals surface area (Å²) >= 11 is 0. The Kier molecular flexibility index (Phi) is 4.96. The number of nitrogens with zero attached hydrogens (tertiary/aromatic N) is 1. The zero-order chi connectivity index (χ0) is 14.8. The molecule has 0 saturated carbocycles. The van der Waals surface area contributed by atoms with Crippen molar-refractivity contribution < 1.29 is 14.7 Å². The van der Waals surface area contributed by atoms with Gasteiger partial charge in [0.05, 0.1) is 11.3 Å². The van der Waals surface area contributed by atoms with Gasteiger partial charge >= 0.3 is 5.97 Å². The zero-order valence-corrected chi connectivity index (χ0v) is 12.3. The van der Waals surface area contributed by atoms with E-state index in [1.165, 1.54) is 0 Å². The fourth-order valence-electron chi connectivity index (χ4n) is 2.45. The molecule has 0 spiro atoms. The number of carboxylic acid groups (broad SMARTS) is 1. The maximum Gasteiger partial charge on any atom is 0.309 e. The number of carbonyl (C=O) groups excluding carboxylic acids is 1. The van der Waals surface area contributed by atoms with Crippen molar-refractivity contribution in [2.45, 2.75) is 46.6 Å². The van der Waals surface area contributed by atoms with Crippen LogP contribution in [-0.4, -0.2) is 41.0 Å². The van der Waals surface area contributed by atoms with Gasteiger partial charge in [0.1, 0.15) is 0 Å². The predicted molar refractivity (Wildman–Crippen MR) is 73.5 cm³/mol. The number of likely N-dealkylation sites (tertiary alicyclic amines) is 1. The Morgan fingerprint density at radius 3 is 2.42 bits per heavy atom. The first-order valence-electron chi connectivity index (χ1n) is 6.95. The summed E-state index contributed by atoms with van der Waals surface area (Å²) in [6.45, 7) is 8.37. The molecule has 1 fully saturated rings. The van der Waals surface area contributed by atoms with Gasteiger partial charge in [0.25, 0.3) is 0 Å². The number of piperidine rings is 1. The Balaban J connectivity index is 2.75. The third kappa shape index (κ3) is 3.47. The lowest BCUT2D eigenvalue weighted by Gasteiger charge is -2.40. The molecule has 5 nitrogen and oxygen atoms in total. The largest absolute Gasteiger partial charge is 0.481 e. The first-order chi connectivity index (χ1) is 8.67. The number of nitrogens with two attached hydrogens (primary N) is 1. The first kappa shape index (κ1) is 16.0. The van der Waals surface area contributed by atoms with Gasteiger partial charge in [0, 0.05) is 19.1 Å². The second-order valence-corrected chi connectivity index (χ2v) is 6.30. The van der Waals surface area contributed by atoms with Crippen molar-refractivity contribution in [3.63, 3.8) is 0 Å². The lowest BCUT2D eigenvalue weighted by Crippen LogP contribution is -2.50. The molecule has 1 aliphatic rings. The summed E-state index contributed by atoms with van der Waals surface area (Å²) < 4.78 is 0. The summed E-state index contributed by atoms with van der Waals surface area (Å²) in [6, 6.07) is -0.180. The van der Waals surface area contributed by atoms with Crippen LogP contribution in [0.15, 0.2) is 0 Å². The van der Waals surface area contributed by atoms with Crippen LogP contribution < -0.4 is 5.73 Å². The first-order valence-corrected chi connectivity index (χ1v) is 6.95. The van der Waals surface area contributed by atoms with Crippen molar-refractivity contribution in [2.24, 2.45) is 23.0 Å². The Hall–Kier alpha value is -1.10. The van der Waals surface area contributed by atoms with Crippen molar-refractivity contribution in [1.82, 2.24) is 4.90 Å². The molecule has 110 valence electrons. The fraction of sp³-hybridized carbons (Fsp3) is 0.857. The molecule has 0 bridgehead atoms. The molecule has 1 heterocycles. The standard InChI is InChI=1S/C14H26N2O3/c1-9(10(2)15)12(17)16-7-5-6-11(8-16)14(3,4)13(18)19/h9-11H,5-8,15H2,1-4H3,(H,18,19). The highest BCUT2D eigenvalue weighted by Crippen LogP contribution is 2.34. The molecule has 0 aromatic heterocycles. The number of rotatable bonds is 4. The summed E-state index contributed by atoms with van der Waals surface area (Å²) in [5, 5.41) is 9.29. The highest BCUT2D eigenvalue weighted by Gasteiger charge is 2.40. The number of carbonyl (C=O) groups is 2. The smallest absolute Gasteiger partial charge is 0.309 e. The molecule has 19 heavy (non-hydrogen) atoms. The molecule has 0 aromatic carbocycles. The van der Waals surface area contributed by atoms with Crippen LogP contribution in [0.5, 0.6) is 0 Å². The quantitative estimate of drug-likeness (QED) is 0.807. The third-order valence-corrected chi connectivity index (χ3v) is 4.48. The molecule has 1 rings (SSSR count). The summed E-state index contributed by atoms with van der Waals surface area (Å²) in [5.41, 5.74) is 4.98. The molecule has 0 aliphatic carbocycles. The van der Waals surface area contributed by atoms with E-state index in [-0.39, 0.29) is 23.8 Å². The van der Waals surface area contributed by atoms with Crippen LogP contribution in [0.3, 0.4) is 0 Å². The maximum atomic E-state index is 12.3. The Morgan fingerprint density at radius 2 is 1.95 bits per heavy atom. The average Bonchev–Trinajstić information content (AvgIpc) is 2.36. The predicted octanol–water partition coefficient (Wildman–Crippen LogP) is 1.32. The monoisotopic (exact) mass is 270 g/mol. The van der Waals surface area contributed by atoms with Crippen molar-refractivity contribution in [1.29, 1.82) is 0 Å². The number of amides is 1. The Morgan fingerprint density at radius 1 is 1.37 bits per heavy atom.